The van der Waals surface area contributed by atoms with Crippen LogP contribution in [0.2, 0.25) is 0 Å². The number of methoxy groups -OCH3 is 1. The van der Waals surface area contributed by atoms with E-state index in [1.54, 1.807) is 23.1 Å². The zero-order chi connectivity index (χ0) is 19.2. The summed E-state index contributed by atoms with van der Waals surface area (Å²) in [4.78, 5) is 26.2. The molecule has 0 aliphatic carbocycles. The quantitative estimate of drug-likeness (QED) is 0.878. The second kappa shape index (κ2) is 8.77. The normalized spacial score (nSPS) is 16.8. The lowest BCUT2D eigenvalue weighted by molar-refractivity contribution is -0.138. The zero-order valence-corrected chi connectivity index (χ0v) is 15.3. The second-order valence-electron chi connectivity index (χ2n) is 6.69. The number of likely N-dealkylation sites (tertiary alicyclic amines) is 1. The molecule has 0 radical (unpaired) electrons. The number of ether oxygens (including phenoxy) is 1. The van der Waals surface area contributed by atoms with Gasteiger partial charge in [0, 0.05) is 25.9 Å². The van der Waals surface area contributed by atoms with Gasteiger partial charge in [0.2, 0.25) is 11.8 Å². The van der Waals surface area contributed by atoms with E-state index in [4.69, 9.17) is 4.74 Å². The molecule has 1 heterocycles. The summed E-state index contributed by atoms with van der Waals surface area (Å²) in [6.45, 7) is 1.11. The highest BCUT2D eigenvalue weighted by molar-refractivity contribution is 5.93. The fourth-order valence-corrected chi connectivity index (χ4v) is 3.29. The first-order valence-corrected chi connectivity index (χ1v) is 9.00. The molecule has 1 atom stereocenters. The Morgan fingerprint density at radius 3 is 2.67 bits per heavy atom. The minimum absolute atomic E-state index is 0.0376. The van der Waals surface area contributed by atoms with Crippen LogP contribution in [0.5, 0.6) is 0 Å². The zero-order valence-electron chi connectivity index (χ0n) is 15.3. The Kier molecular flexibility index (Phi) is 6.19. The Labute approximate surface area is 158 Å². The summed E-state index contributed by atoms with van der Waals surface area (Å²) in [5.41, 5.74) is 2.34. The van der Waals surface area contributed by atoms with E-state index in [2.05, 4.69) is 5.32 Å². The Balaban J connectivity index is 1.61. The largest absolute Gasteiger partial charge is 0.375 e. The van der Waals surface area contributed by atoms with Crippen LogP contribution in [0.15, 0.2) is 48.5 Å². The molecule has 1 aliphatic heterocycles. The summed E-state index contributed by atoms with van der Waals surface area (Å²) >= 11 is 0. The first kappa shape index (κ1) is 19.0. The predicted octanol–water partition coefficient (Wildman–Crippen LogP) is 3.32. The standard InChI is InChI=1S/C21H23FN2O3/c1-27-14-20(25)24-11-3-5-17(13-24)21(26)23-19-9-7-15(8-10-19)16-4-2-6-18(22)12-16/h2,4,6-10,12,17H,3,5,11,13-14H2,1H3,(H,23,26)/t17-/m0/s1. The van der Waals surface area contributed by atoms with E-state index in [9.17, 15) is 14.0 Å². The topological polar surface area (TPSA) is 58.6 Å². The number of hydrogen-bond acceptors (Lipinski definition) is 3. The van der Waals surface area contributed by atoms with Gasteiger partial charge >= 0.3 is 0 Å². The van der Waals surface area contributed by atoms with Gasteiger partial charge in [-0.3, -0.25) is 9.59 Å². The summed E-state index contributed by atoms with van der Waals surface area (Å²) < 4.78 is 18.2. The van der Waals surface area contributed by atoms with Gasteiger partial charge in [-0.1, -0.05) is 24.3 Å². The van der Waals surface area contributed by atoms with Gasteiger partial charge in [-0.15, -0.1) is 0 Å². The first-order chi connectivity index (χ1) is 13.1. The second-order valence-corrected chi connectivity index (χ2v) is 6.69. The molecule has 2 aromatic carbocycles. The van der Waals surface area contributed by atoms with Gasteiger partial charge in [-0.25, -0.2) is 4.39 Å². The highest BCUT2D eigenvalue weighted by Gasteiger charge is 2.28. The Morgan fingerprint density at radius 1 is 1.19 bits per heavy atom. The lowest BCUT2D eigenvalue weighted by atomic mass is 9.97. The molecule has 0 aromatic heterocycles. The molecule has 0 spiro atoms. The number of carbonyl (C=O) groups excluding carboxylic acids is 2. The molecule has 27 heavy (non-hydrogen) atoms. The molecule has 142 valence electrons. The van der Waals surface area contributed by atoms with Crippen molar-refractivity contribution in [1.82, 2.24) is 4.90 Å². The third kappa shape index (κ3) is 4.92. The van der Waals surface area contributed by atoms with Crippen molar-refractivity contribution in [2.24, 2.45) is 5.92 Å². The summed E-state index contributed by atoms with van der Waals surface area (Å²) in [6.07, 6.45) is 1.55. The van der Waals surface area contributed by atoms with Gasteiger partial charge in [-0.05, 0) is 48.2 Å². The molecule has 2 amide bonds. The van der Waals surface area contributed by atoms with Crippen LogP contribution >= 0.6 is 0 Å². The van der Waals surface area contributed by atoms with Gasteiger partial charge in [0.25, 0.3) is 0 Å². The monoisotopic (exact) mass is 370 g/mol. The molecule has 0 bridgehead atoms. The van der Waals surface area contributed by atoms with Crippen LogP contribution in [0.1, 0.15) is 12.8 Å². The van der Waals surface area contributed by atoms with Gasteiger partial charge in [-0.2, -0.15) is 0 Å². The SMILES string of the molecule is COCC(=O)N1CCC[C@H](C(=O)Nc2ccc(-c3cccc(F)c3)cc2)C1. The summed E-state index contributed by atoms with van der Waals surface area (Å²) in [6, 6.07) is 13.7. The Hall–Kier alpha value is -2.73. The highest BCUT2D eigenvalue weighted by Crippen LogP contribution is 2.23. The Morgan fingerprint density at radius 2 is 1.96 bits per heavy atom. The number of amides is 2. The molecule has 5 nitrogen and oxygen atoms in total. The molecule has 6 heteroatoms. The fraction of sp³-hybridized carbons (Fsp3) is 0.333. The van der Waals surface area contributed by atoms with Crippen molar-refractivity contribution in [3.05, 3.63) is 54.3 Å². The number of nitrogens with zero attached hydrogens (tertiary/aromatic N) is 1. The van der Waals surface area contributed by atoms with Gasteiger partial charge < -0.3 is 15.0 Å². The number of hydrogen-bond donors (Lipinski definition) is 1. The van der Waals surface area contributed by atoms with Crippen molar-refractivity contribution < 1.29 is 18.7 Å². The van der Waals surface area contributed by atoms with E-state index >= 15 is 0 Å². The van der Waals surface area contributed by atoms with E-state index in [0.29, 0.717) is 18.8 Å². The molecule has 1 saturated heterocycles. The molecule has 1 fully saturated rings. The van der Waals surface area contributed by atoms with E-state index in [1.165, 1.54) is 19.2 Å². The molecule has 1 aliphatic rings. The third-order valence-electron chi connectivity index (χ3n) is 4.72. The number of halogens is 1. The van der Waals surface area contributed by atoms with Crippen LogP contribution < -0.4 is 5.32 Å². The molecule has 2 aromatic rings. The molecule has 3 rings (SSSR count). The van der Waals surface area contributed by atoms with Crippen molar-refractivity contribution >= 4 is 17.5 Å². The third-order valence-corrected chi connectivity index (χ3v) is 4.72. The van der Waals surface area contributed by atoms with Crippen LogP contribution in [0.4, 0.5) is 10.1 Å². The number of rotatable bonds is 5. The fourth-order valence-electron chi connectivity index (χ4n) is 3.29. The van der Waals surface area contributed by atoms with Gasteiger partial charge in [0.05, 0.1) is 5.92 Å². The van der Waals surface area contributed by atoms with Crippen LogP contribution in [-0.4, -0.2) is 43.5 Å². The minimum Gasteiger partial charge on any atom is -0.375 e. The minimum atomic E-state index is -0.283. The van der Waals surface area contributed by atoms with Crippen molar-refractivity contribution in [3.63, 3.8) is 0 Å². The lowest BCUT2D eigenvalue weighted by Gasteiger charge is -2.31. The predicted molar refractivity (Wildman–Crippen MR) is 102 cm³/mol. The molecule has 0 unspecified atom stereocenters. The maximum Gasteiger partial charge on any atom is 0.248 e. The van der Waals surface area contributed by atoms with Crippen molar-refractivity contribution in [1.29, 1.82) is 0 Å². The summed E-state index contributed by atoms with van der Waals surface area (Å²) in [7, 11) is 1.49. The van der Waals surface area contributed by atoms with Crippen LogP contribution in [0.3, 0.4) is 0 Å². The lowest BCUT2D eigenvalue weighted by Crippen LogP contribution is -2.45. The average Bonchev–Trinajstić information content (AvgIpc) is 2.69. The smallest absolute Gasteiger partial charge is 0.248 e. The summed E-state index contributed by atoms with van der Waals surface area (Å²) in [5, 5.41) is 2.91. The van der Waals surface area contributed by atoms with Crippen molar-refractivity contribution in [2.45, 2.75) is 12.8 Å². The number of anilines is 1. The van der Waals surface area contributed by atoms with Gasteiger partial charge in [0.15, 0.2) is 0 Å². The van der Waals surface area contributed by atoms with E-state index in [0.717, 1.165) is 24.0 Å². The molecular weight excluding hydrogens is 347 g/mol. The maximum absolute atomic E-state index is 13.4. The van der Waals surface area contributed by atoms with Crippen LogP contribution in [0, 0.1) is 11.7 Å². The highest BCUT2D eigenvalue weighted by atomic mass is 19.1. The van der Waals surface area contributed by atoms with E-state index < -0.39 is 0 Å². The Bertz CT molecular complexity index is 807. The number of carbonyl (C=O) groups is 2. The molecule has 1 N–H and O–H groups in total. The first-order valence-electron chi connectivity index (χ1n) is 9.00. The molecule has 0 saturated carbocycles. The van der Waals surface area contributed by atoms with Crippen molar-refractivity contribution in [3.8, 4) is 11.1 Å². The number of piperidine rings is 1. The van der Waals surface area contributed by atoms with Crippen LogP contribution in [0.25, 0.3) is 11.1 Å². The van der Waals surface area contributed by atoms with Crippen LogP contribution in [-0.2, 0) is 14.3 Å². The average molecular weight is 370 g/mol. The van der Waals surface area contributed by atoms with E-state index in [1.807, 2.05) is 18.2 Å². The van der Waals surface area contributed by atoms with Crippen molar-refractivity contribution in [2.75, 3.05) is 32.1 Å². The summed E-state index contributed by atoms with van der Waals surface area (Å²) in [5.74, 6) is -0.699. The number of nitrogens with one attached hydrogen (secondary N) is 1. The maximum atomic E-state index is 13.4. The molecular formula is C21H23FN2O3. The number of benzene rings is 2. The van der Waals surface area contributed by atoms with E-state index in [-0.39, 0.29) is 30.2 Å². The van der Waals surface area contributed by atoms with Gasteiger partial charge in [0.1, 0.15) is 12.4 Å².